The minimum atomic E-state index is 0.878. The van der Waals surface area contributed by atoms with E-state index in [-0.39, 0.29) is 0 Å². The highest BCUT2D eigenvalue weighted by Gasteiger charge is 2.11. The van der Waals surface area contributed by atoms with Gasteiger partial charge in [0.15, 0.2) is 0 Å². The Morgan fingerprint density at radius 3 is 2.09 bits per heavy atom. The molecule has 0 saturated heterocycles. The maximum Gasteiger partial charge on any atom is -0.00639 e. The van der Waals surface area contributed by atoms with Gasteiger partial charge < -0.3 is 0 Å². The van der Waals surface area contributed by atoms with Crippen LogP contribution < -0.4 is 0 Å². The van der Waals surface area contributed by atoms with Crippen molar-refractivity contribution >= 4 is 21.5 Å². The SMILES string of the molecule is C=CCc1ccc2ccccc2c1-c1cccc2ccccc12. The second-order valence-corrected chi connectivity index (χ2v) is 5.84. The van der Waals surface area contributed by atoms with Crippen LogP contribution in [0, 0.1) is 0 Å². The lowest BCUT2D eigenvalue weighted by atomic mass is 9.89. The Kier molecular flexibility index (Phi) is 3.44. The molecule has 0 unspecified atom stereocenters. The quantitative estimate of drug-likeness (QED) is 0.384. The van der Waals surface area contributed by atoms with E-state index < -0.39 is 0 Å². The standard InChI is InChI=1S/C23H18/c1-2-8-19-16-15-18-10-4-6-13-21(18)23(19)22-14-7-11-17-9-3-5-12-20(17)22/h2-7,9-16H,1,8H2. The minimum Gasteiger partial charge on any atom is -0.103 e. The van der Waals surface area contributed by atoms with Crippen LogP contribution in [0.15, 0.2) is 91.5 Å². The van der Waals surface area contributed by atoms with Crippen LogP contribution in [0.2, 0.25) is 0 Å². The summed E-state index contributed by atoms with van der Waals surface area (Å²) in [6.45, 7) is 3.93. The summed E-state index contributed by atoms with van der Waals surface area (Å²) < 4.78 is 0. The number of hydrogen-bond donors (Lipinski definition) is 0. The Balaban J connectivity index is 2.14. The van der Waals surface area contributed by atoms with E-state index in [2.05, 4.69) is 85.4 Å². The zero-order valence-electron chi connectivity index (χ0n) is 13.0. The van der Waals surface area contributed by atoms with Gasteiger partial charge >= 0.3 is 0 Å². The largest absolute Gasteiger partial charge is 0.103 e. The number of fused-ring (bicyclic) bond motifs is 2. The molecule has 0 heterocycles. The van der Waals surface area contributed by atoms with Gasteiger partial charge in [-0.05, 0) is 44.7 Å². The molecule has 0 heteroatoms. The average molecular weight is 294 g/mol. The smallest absolute Gasteiger partial charge is 0.00639 e. The summed E-state index contributed by atoms with van der Waals surface area (Å²) in [5.74, 6) is 0. The van der Waals surface area contributed by atoms with E-state index in [1.807, 2.05) is 6.08 Å². The maximum absolute atomic E-state index is 3.93. The van der Waals surface area contributed by atoms with E-state index in [4.69, 9.17) is 0 Å². The zero-order valence-corrected chi connectivity index (χ0v) is 13.0. The van der Waals surface area contributed by atoms with Gasteiger partial charge in [-0.15, -0.1) is 6.58 Å². The average Bonchev–Trinajstić information content (AvgIpc) is 2.61. The van der Waals surface area contributed by atoms with Gasteiger partial charge in [0.2, 0.25) is 0 Å². The van der Waals surface area contributed by atoms with Gasteiger partial charge in [0, 0.05) is 0 Å². The lowest BCUT2D eigenvalue weighted by molar-refractivity contribution is 1.29. The predicted molar refractivity (Wildman–Crippen MR) is 101 cm³/mol. The molecule has 0 atom stereocenters. The van der Waals surface area contributed by atoms with Gasteiger partial charge in [0.05, 0.1) is 0 Å². The molecule has 0 N–H and O–H groups in total. The molecule has 0 fully saturated rings. The number of allylic oxidation sites excluding steroid dienone is 1. The van der Waals surface area contributed by atoms with Gasteiger partial charge in [0.25, 0.3) is 0 Å². The summed E-state index contributed by atoms with van der Waals surface area (Å²) in [4.78, 5) is 0. The number of benzene rings is 4. The Bertz CT molecular complexity index is 1000. The van der Waals surface area contributed by atoms with Crippen LogP contribution in [-0.2, 0) is 6.42 Å². The predicted octanol–water partition coefficient (Wildman–Crippen LogP) is 6.39. The number of hydrogen-bond acceptors (Lipinski definition) is 0. The van der Waals surface area contributed by atoms with Gasteiger partial charge in [-0.3, -0.25) is 0 Å². The first-order valence-corrected chi connectivity index (χ1v) is 7.98. The van der Waals surface area contributed by atoms with Crippen molar-refractivity contribution < 1.29 is 0 Å². The Labute approximate surface area is 136 Å². The number of rotatable bonds is 3. The fourth-order valence-corrected chi connectivity index (χ4v) is 3.40. The highest BCUT2D eigenvalue weighted by atomic mass is 14.1. The van der Waals surface area contributed by atoms with Crippen molar-refractivity contribution in [2.45, 2.75) is 6.42 Å². The van der Waals surface area contributed by atoms with E-state index in [9.17, 15) is 0 Å². The maximum atomic E-state index is 3.93. The van der Waals surface area contributed by atoms with Crippen molar-refractivity contribution in [1.29, 1.82) is 0 Å². The van der Waals surface area contributed by atoms with E-state index in [1.165, 1.54) is 38.2 Å². The van der Waals surface area contributed by atoms with Crippen LogP contribution in [0.1, 0.15) is 5.56 Å². The van der Waals surface area contributed by atoms with Gasteiger partial charge in [-0.1, -0.05) is 84.9 Å². The van der Waals surface area contributed by atoms with Crippen LogP contribution in [0.5, 0.6) is 0 Å². The summed E-state index contributed by atoms with van der Waals surface area (Å²) in [7, 11) is 0. The fraction of sp³-hybridized carbons (Fsp3) is 0.0435. The first-order valence-electron chi connectivity index (χ1n) is 7.98. The van der Waals surface area contributed by atoms with Crippen LogP contribution >= 0.6 is 0 Å². The second-order valence-electron chi connectivity index (χ2n) is 5.84. The van der Waals surface area contributed by atoms with Crippen LogP contribution in [-0.4, -0.2) is 0 Å². The molecule has 0 aromatic heterocycles. The zero-order chi connectivity index (χ0) is 15.6. The molecule has 0 nitrogen and oxygen atoms in total. The van der Waals surface area contributed by atoms with Gasteiger partial charge in [0.1, 0.15) is 0 Å². The Morgan fingerprint density at radius 1 is 0.652 bits per heavy atom. The lowest BCUT2D eigenvalue weighted by Gasteiger charge is -2.15. The normalized spacial score (nSPS) is 11.0. The molecular formula is C23H18. The highest BCUT2D eigenvalue weighted by Crippen LogP contribution is 2.36. The van der Waals surface area contributed by atoms with Crippen molar-refractivity contribution in [2.75, 3.05) is 0 Å². The highest BCUT2D eigenvalue weighted by molar-refractivity contribution is 6.06. The topological polar surface area (TPSA) is 0 Å². The molecule has 4 aromatic carbocycles. The molecule has 4 aromatic rings. The molecule has 0 radical (unpaired) electrons. The summed E-state index contributed by atoms with van der Waals surface area (Å²) >= 11 is 0. The molecule has 0 saturated carbocycles. The van der Waals surface area contributed by atoms with E-state index in [1.54, 1.807) is 0 Å². The van der Waals surface area contributed by atoms with Crippen molar-refractivity contribution in [3.8, 4) is 11.1 Å². The molecule has 4 rings (SSSR count). The first-order chi connectivity index (χ1) is 11.4. The van der Waals surface area contributed by atoms with Crippen molar-refractivity contribution in [3.63, 3.8) is 0 Å². The monoisotopic (exact) mass is 294 g/mol. The molecule has 0 aliphatic rings. The Hall–Kier alpha value is -2.86. The van der Waals surface area contributed by atoms with Crippen LogP contribution in [0.4, 0.5) is 0 Å². The molecule has 0 amide bonds. The minimum absolute atomic E-state index is 0.878. The van der Waals surface area contributed by atoms with Gasteiger partial charge in [-0.2, -0.15) is 0 Å². The second kappa shape index (κ2) is 5.73. The first kappa shape index (κ1) is 13.8. The molecule has 110 valence electrons. The van der Waals surface area contributed by atoms with E-state index >= 15 is 0 Å². The third kappa shape index (κ3) is 2.33. The molecule has 0 aliphatic heterocycles. The summed E-state index contributed by atoms with van der Waals surface area (Å²) in [5.41, 5.74) is 3.96. The molecule has 0 bridgehead atoms. The Morgan fingerprint density at radius 2 is 1.30 bits per heavy atom. The molecule has 0 spiro atoms. The summed E-state index contributed by atoms with van der Waals surface area (Å²) in [6.07, 6.45) is 2.86. The van der Waals surface area contributed by atoms with Crippen molar-refractivity contribution in [2.24, 2.45) is 0 Å². The van der Waals surface area contributed by atoms with Gasteiger partial charge in [-0.25, -0.2) is 0 Å². The molecule has 0 aliphatic carbocycles. The lowest BCUT2D eigenvalue weighted by Crippen LogP contribution is -1.91. The molecule has 23 heavy (non-hydrogen) atoms. The third-order valence-corrected chi connectivity index (χ3v) is 4.44. The van der Waals surface area contributed by atoms with Crippen molar-refractivity contribution in [1.82, 2.24) is 0 Å². The summed E-state index contributed by atoms with van der Waals surface area (Å²) in [6, 6.07) is 28.2. The van der Waals surface area contributed by atoms with Crippen LogP contribution in [0.3, 0.4) is 0 Å². The summed E-state index contributed by atoms with van der Waals surface area (Å²) in [5, 5.41) is 5.17. The van der Waals surface area contributed by atoms with Crippen molar-refractivity contribution in [3.05, 3.63) is 97.1 Å². The fourth-order valence-electron chi connectivity index (χ4n) is 3.40. The van der Waals surface area contributed by atoms with E-state index in [0.29, 0.717) is 0 Å². The third-order valence-electron chi connectivity index (χ3n) is 4.44. The van der Waals surface area contributed by atoms with E-state index in [0.717, 1.165) is 6.42 Å². The van der Waals surface area contributed by atoms with Crippen LogP contribution in [0.25, 0.3) is 32.7 Å². The molecular weight excluding hydrogens is 276 g/mol.